The van der Waals surface area contributed by atoms with Crippen molar-refractivity contribution in [3.63, 3.8) is 0 Å². The summed E-state index contributed by atoms with van der Waals surface area (Å²) >= 11 is 5.73. The van der Waals surface area contributed by atoms with Gasteiger partial charge in [-0.25, -0.2) is 9.97 Å². The standard InChI is InChI=1S/C11H16ClN3O/c1-16-9-4-2-8(3-5-9)14-10-6-7-13-11(12)15-10/h6-9H,2-5H2,1H3,(H,13,14,15). The summed E-state index contributed by atoms with van der Waals surface area (Å²) in [6.45, 7) is 0. The van der Waals surface area contributed by atoms with Crippen molar-refractivity contribution in [2.75, 3.05) is 12.4 Å². The molecule has 0 unspecified atom stereocenters. The molecular weight excluding hydrogens is 226 g/mol. The topological polar surface area (TPSA) is 47.0 Å². The molecule has 0 radical (unpaired) electrons. The fourth-order valence-corrected chi connectivity index (χ4v) is 2.21. The molecular formula is C11H16ClN3O. The molecule has 1 N–H and O–H groups in total. The number of rotatable bonds is 3. The molecule has 2 rings (SSSR count). The van der Waals surface area contributed by atoms with E-state index < -0.39 is 0 Å². The molecule has 0 spiro atoms. The quantitative estimate of drug-likeness (QED) is 0.826. The van der Waals surface area contributed by atoms with Crippen molar-refractivity contribution >= 4 is 17.4 Å². The molecule has 0 aliphatic heterocycles. The number of anilines is 1. The van der Waals surface area contributed by atoms with Crippen LogP contribution in [0.1, 0.15) is 25.7 Å². The first kappa shape index (κ1) is 11.6. The molecule has 1 heterocycles. The summed E-state index contributed by atoms with van der Waals surface area (Å²) in [7, 11) is 1.78. The minimum absolute atomic E-state index is 0.288. The summed E-state index contributed by atoms with van der Waals surface area (Å²) in [6.07, 6.45) is 6.52. The van der Waals surface area contributed by atoms with E-state index in [9.17, 15) is 0 Å². The average molecular weight is 242 g/mol. The first-order valence-electron chi connectivity index (χ1n) is 5.56. The second-order valence-electron chi connectivity index (χ2n) is 4.06. The molecule has 5 heteroatoms. The van der Waals surface area contributed by atoms with Gasteiger partial charge in [0.25, 0.3) is 0 Å². The number of nitrogens with zero attached hydrogens (tertiary/aromatic N) is 2. The average Bonchev–Trinajstić information content (AvgIpc) is 2.30. The van der Waals surface area contributed by atoms with E-state index in [2.05, 4.69) is 15.3 Å². The van der Waals surface area contributed by atoms with Gasteiger partial charge in [-0.3, -0.25) is 0 Å². The minimum atomic E-state index is 0.288. The van der Waals surface area contributed by atoms with E-state index in [4.69, 9.17) is 16.3 Å². The smallest absolute Gasteiger partial charge is 0.224 e. The van der Waals surface area contributed by atoms with E-state index >= 15 is 0 Å². The number of methoxy groups -OCH3 is 1. The summed E-state index contributed by atoms with van der Waals surface area (Å²) in [5.74, 6) is 0.806. The third kappa shape index (κ3) is 3.06. The first-order chi connectivity index (χ1) is 7.78. The molecule has 0 amide bonds. The van der Waals surface area contributed by atoms with Gasteiger partial charge in [-0.05, 0) is 43.4 Å². The van der Waals surface area contributed by atoms with Crippen molar-refractivity contribution in [3.8, 4) is 0 Å². The van der Waals surface area contributed by atoms with Crippen molar-refractivity contribution in [2.24, 2.45) is 0 Å². The zero-order valence-electron chi connectivity index (χ0n) is 9.32. The number of nitrogens with one attached hydrogen (secondary N) is 1. The molecule has 1 aliphatic rings. The molecule has 1 aromatic rings. The number of hydrogen-bond acceptors (Lipinski definition) is 4. The lowest BCUT2D eigenvalue weighted by Gasteiger charge is -2.28. The van der Waals surface area contributed by atoms with Crippen molar-refractivity contribution in [2.45, 2.75) is 37.8 Å². The van der Waals surface area contributed by atoms with Crippen LogP contribution < -0.4 is 5.32 Å². The van der Waals surface area contributed by atoms with Gasteiger partial charge in [-0.15, -0.1) is 0 Å². The SMILES string of the molecule is COC1CCC(Nc2ccnc(Cl)n2)CC1. The molecule has 88 valence electrons. The Morgan fingerprint density at radius 3 is 2.75 bits per heavy atom. The maximum absolute atomic E-state index is 5.73. The second-order valence-corrected chi connectivity index (χ2v) is 4.40. The summed E-state index contributed by atoms with van der Waals surface area (Å²) in [4.78, 5) is 7.97. The Hall–Kier alpha value is -0.870. The van der Waals surface area contributed by atoms with Crippen LogP contribution in [0.15, 0.2) is 12.3 Å². The molecule has 1 aliphatic carbocycles. The van der Waals surface area contributed by atoms with Crippen LogP contribution in [0.4, 0.5) is 5.82 Å². The van der Waals surface area contributed by atoms with Gasteiger partial charge in [-0.1, -0.05) is 0 Å². The summed E-state index contributed by atoms with van der Waals surface area (Å²) in [6, 6.07) is 2.31. The van der Waals surface area contributed by atoms with Crippen molar-refractivity contribution in [1.82, 2.24) is 9.97 Å². The van der Waals surface area contributed by atoms with Crippen LogP contribution in [0.25, 0.3) is 0 Å². The molecule has 0 bridgehead atoms. The van der Waals surface area contributed by atoms with Crippen molar-refractivity contribution < 1.29 is 4.74 Å². The Balaban J connectivity index is 1.87. The van der Waals surface area contributed by atoms with Crippen LogP contribution in [0.5, 0.6) is 0 Å². The van der Waals surface area contributed by atoms with Gasteiger partial charge in [-0.2, -0.15) is 0 Å². The maximum Gasteiger partial charge on any atom is 0.224 e. The molecule has 0 saturated heterocycles. The van der Waals surface area contributed by atoms with Gasteiger partial charge in [0.1, 0.15) is 5.82 Å². The van der Waals surface area contributed by atoms with Crippen LogP contribution in [0, 0.1) is 0 Å². The molecule has 0 atom stereocenters. The van der Waals surface area contributed by atoms with Gasteiger partial charge in [0.05, 0.1) is 6.10 Å². The van der Waals surface area contributed by atoms with E-state index in [-0.39, 0.29) is 5.28 Å². The Labute approximate surface area is 100 Å². The van der Waals surface area contributed by atoms with Gasteiger partial charge in [0.15, 0.2) is 0 Å². The highest BCUT2D eigenvalue weighted by molar-refractivity contribution is 6.28. The van der Waals surface area contributed by atoms with Crippen LogP contribution in [-0.2, 0) is 4.74 Å². The van der Waals surface area contributed by atoms with Crippen LogP contribution in [0.2, 0.25) is 5.28 Å². The largest absolute Gasteiger partial charge is 0.381 e. The van der Waals surface area contributed by atoms with Crippen molar-refractivity contribution in [3.05, 3.63) is 17.5 Å². The Kier molecular flexibility index (Phi) is 3.96. The van der Waals surface area contributed by atoms with E-state index in [1.807, 2.05) is 6.07 Å². The predicted octanol–water partition coefficient (Wildman–Crippen LogP) is 2.50. The lowest BCUT2D eigenvalue weighted by Crippen LogP contribution is -2.29. The predicted molar refractivity (Wildman–Crippen MR) is 63.7 cm³/mol. The number of halogens is 1. The highest BCUT2D eigenvalue weighted by atomic mass is 35.5. The highest BCUT2D eigenvalue weighted by Gasteiger charge is 2.20. The van der Waals surface area contributed by atoms with Crippen LogP contribution in [0.3, 0.4) is 0 Å². The van der Waals surface area contributed by atoms with Gasteiger partial charge in [0.2, 0.25) is 5.28 Å². The minimum Gasteiger partial charge on any atom is -0.381 e. The molecule has 1 aromatic heterocycles. The lowest BCUT2D eigenvalue weighted by molar-refractivity contribution is 0.0681. The summed E-state index contributed by atoms with van der Waals surface area (Å²) in [5, 5.41) is 3.66. The molecule has 16 heavy (non-hydrogen) atoms. The lowest BCUT2D eigenvalue weighted by atomic mass is 9.93. The highest BCUT2D eigenvalue weighted by Crippen LogP contribution is 2.23. The van der Waals surface area contributed by atoms with Gasteiger partial charge < -0.3 is 10.1 Å². The Bertz CT molecular complexity index is 340. The van der Waals surface area contributed by atoms with Gasteiger partial charge in [0, 0.05) is 19.3 Å². The second kappa shape index (κ2) is 5.46. The number of aromatic nitrogens is 2. The first-order valence-corrected chi connectivity index (χ1v) is 5.93. The zero-order chi connectivity index (χ0) is 11.4. The van der Waals surface area contributed by atoms with E-state index in [1.54, 1.807) is 13.3 Å². The summed E-state index contributed by atoms with van der Waals surface area (Å²) < 4.78 is 5.33. The fourth-order valence-electron chi connectivity index (χ4n) is 2.07. The van der Waals surface area contributed by atoms with Crippen molar-refractivity contribution in [1.29, 1.82) is 0 Å². The molecule has 4 nitrogen and oxygen atoms in total. The zero-order valence-corrected chi connectivity index (χ0v) is 10.1. The van der Waals surface area contributed by atoms with Crippen LogP contribution in [-0.4, -0.2) is 29.2 Å². The van der Waals surface area contributed by atoms with E-state index in [0.717, 1.165) is 31.5 Å². The number of hydrogen-bond donors (Lipinski definition) is 1. The summed E-state index contributed by atoms with van der Waals surface area (Å²) in [5.41, 5.74) is 0. The third-order valence-electron chi connectivity index (χ3n) is 2.99. The van der Waals surface area contributed by atoms with E-state index in [0.29, 0.717) is 12.1 Å². The Morgan fingerprint density at radius 1 is 1.38 bits per heavy atom. The molecule has 1 saturated carbocycles. The van der Waals surface area contributed by atoms with E-state index in [1.165, 1.54) is 0 Å². The third-order valence-corrected chi connectivity index (χ3v) is 3.17. The molecule has 0 aromatic carbocycles. The van der Waals surface area contributed by atoms with Gasteiger partial charge >= 0.3 is 0 Å². The fraction of sp³-hybridized carbons (Fsp3) is 0.636. The number of ether oxygens (including phenoxy) is 1. The van der Waals surface area contributed by atoms with Crippen LogP contribution >= 0.6 is 11.6 Å². The Morgan fingerprint density at radius 2 is 2.12 bits per heavy atom. The maximum atomic E-state index is 5.73. The molecule has 1 fully saturated rings. The monoisotopic (exact) mass is 241 g/mol. The normalized spacial score (nSPS) is 25.4.